The van der Waals surface area contributed by atoms with Crippen LogP contribution in [0.2, 0.25) is 0 Å². The lowest BCUT2D eigenvalue weighted by molar-refractivity contribution is -0.130. The van der Waals surface area contributed by atoms with Crippen LogP contribution >= 0.6 is 0 Å². The number of nitrogens with zero attached hydrogens (tertiary/aromatic N) is 1. The second-order valence-electron chi connectivity index (χ2n) is 6.16. The monoisotopic (exact) mass is 374 g/mol. The number of hydrogen-bond donors (Lipinski definition) is 1. The molecule has 0 saturated carbocycles. The molecule has 0 aliphatic carbocycles. The molecule has 0 aromatic heterocycles. The van der Waals surface area contributed by atoms with E-state index in [0.717, 1.165) is 5.56 Å². The van der Waals surface area contributed by atoms with Crippen molar-refractivity contribution in [3.63, 3.8) is 0 Å². The number of hydrogen-bond acceptors (Lipinski definition) is 5. The first-order chi connectivity index (χ1) is 11.0. The van der Waals surface area contributed by atoms with Gasteiger partial charge in [-0.2, -0.15) is 0 Å². The highest BCUT2D eigenvalue weighted by molar-refractivity contribution is 7.91. The lowest BCUT2D eigenvalue weighted by atomic mass is 10.2. The maximum absolute atomic E-state index is 12.4. The van der Waals surface area contributed by atoms with Crippen molar-refractivity contribution in [3.8, 4) is 0 Å². The third kappa shape index (κ3) is 4.34. The Balaban J connectivity index is 2.04. The van der Waals surface area contributed by atoms with Gasteiger partial charge in [-0.25, -0.2) is 21.6 Å². The fraction of sp³-hybridized carbons (Fsp3) is 0.533. The fourth-order valence-corrected chi connectivity index (χ4v) is 5.72. The molecule has 1 aliphatic rings. The maximum Gasteiger partial charge on any atom is 0.241 e. The van der Waals surface area contributed by atoms with Gasteiger partial charge in [-0.1, -0.05) is 12.1 Å². The van der Waals surface area contributed by atoms with E-state index in [1.54, 1.807) is 26.0 Å². The average Bonchev–Trinajstić information content (AvgIpc) is 2.86. The van der Waals surface area contributed by atoms with Crippen LogP contribution in [0.15, 0.2) is 23.1 Å². The third-order valence-electron chi connectivity index (χ3n) is 4.20. The Hall–Kier alpha value is -1.45. The van der Waals surface area contributed by atoms with Crippen molar-refractivity contribution < 1.29 is 21.6 Å². The zero-order valence-corrected chi connectivity index (χ0v) is 15.6. The summed E-state index contributed by atoms with van der Waals surface area (Å²) in [5.74, 6) is -0.464. The summed E-state index contributed by atoms with van der Waals surface area (Å²) in [6, 6.07) is 4.68. The van der Waals surface area contributed by atoms with Crippen molar-refractivity contribution in [1.29, 1.82) is 0 Å². The SMILES string of the molecule is Cc1ccc(C)c(S(=O)(=O)NCC(=O)N(C)C2CCS(=O)(=O)C2)c1. The van der Waals surface area contributed by atoms with E-state index in [4.69, 9.17) is 0 Å². The maximum atomic E-state index is 12.4. The highest BCUT2D eigenvalue weighted by atomic mass is 32.2. The number of sulfone groups is 1. The number of likely N-dealkylation sites (N-methyl/N-ethyl adjacent to an activating group) is 1. The van der Waals surface area contributed by atoms with Crippen LogP contribution < -0.4 is 4.72 Å². The van der Waals surface area contributed by atoms with Crippen molar-refractivity contribution in [2.24, 2.45) is 0 Å². The van der Waals surface area contributed by atoms with E-state index >= 15 is 0 Å². The number of carbonyl (C=O) groups excluding carboxylic acids is 1. The summed E-state index contributed by atoms with van der Waals surface area (Å²) in [6.07, 6.45) is 0.383. The fourth-order valence-electron chi connectivity index (χ4n) is 2.64. The zero-order chi connectivity index (χ0) is 18.1. The predicted molar refractivity (Wildman–Crippen MR) is 90.9 cm³/mol. The zero-order valence-electron chi connectivity index (χ0n) is 13.9. The summed E-state index contributed by atoms with van der Waals surface area (Å²) >= 11 is 0. The van der Waals surface area contributed by atoms with Crippen LogP contribution in [0.1, 0.15) is 17.5 Å². The third-order valence-corrected chi connectivity index (χ3v) is 7.49. The number of carbonyl (C=O) groups is 1. The molecule has 0 bridgehead atoms. The van der Waals surface area contributed by atoms with Crippen LogP contribution in [0.5, 0.6) is 0 Å². The van der Waals surface area contributed by atoms with Crippen molar-refractivity contribution in [2.45, 2.75) is 31.2 Å². The molecule has 7 nitrogen and oxygen atoms in total. The van der Waals surface area contributed by atoms with Crippen LogP contribution in [-0.2, 0) is 24.7 Å². The molecule has 24 heavy (non-hydrogen) atoms. The highest BCUT2D eigenvalue weighted by Crippen LogP contribution is 2.18. The molecular formula is C15H22N2O5S2. The molecule has 9 heteroatoms. The molecule has 1 aliphatic heterocycles. The molecule has 1 heterocycles. The molecule has 0 radical (unpaired) electrons. The molecule has 1 atom stereocenters. The van der Waals surface area contributed by atoms with E-state index in [0.29, 0.717) is 12.0 Å². The van der Waals surface area contributed by atoms with E-state index in [-0.39, 0.29) is 16.4 Å². The van der Waals surface area contributed by atoms with Gasteiger partial charge in [0.05, 0.1) is 22.9 Å². The van der Waals surface area contributed by atoms with E-state index in [9.17, 15) is 21.6 Å². The topological polar surface area (TPSA) is 101 Å². The largest absolute Gasteiger partial charge is 0.341 e. The summed E-state index contributed by atoms with van der Waals surface area (Å²) < 4.78 is 50.0. The van der Waals surface area contributed by atoms with Gasteiger partial charge in [-0.05, 0) is 37.5 Å². The molecule has 1 saturated heterocycles. The van der Waals surface area contributed by atoms with Crippen LogP contribution in [0.3, 0.4) is 0 Å². The first kappa shape index (κ1) is 18.9. The number of benzene rings is 1. The molecule has 134 valence electrons. The minimum atomic E-state index is -3.80. The molecule has 1 aromatic rings. The number of rotatable bonds is 5. The standard InChI is InChI=1S/C15H22N2O5S2/c1-11-4-5-12(2)14(8-11)24(21,22)16-9-15(18)17(3)13-6-7-23(19,20)10-13/h4-5,8,13,16H,6-7,9-10H2,1-3H3. The van der Waals surface area contributed by atoms with Gasteiger partial charge in [0.1, 0.15) is 0 Å². The summed E-state index contributed by atoms with van der Waals surface area (Å²) in [7, 11) is -5.41. The number of amides is 1. The normalized spacial score (nSPS) is 20.0. The predicted octanol–water partition coefficient (Wildman–Crippen LogP) is 0.227. The van der Waals surface area contributed by atoms with Crippen LogP contribution in [-0.4, -0.2) is 58.8 Å². The molecule has 1 unspecified atom stereocenters. The van der Waals surface area contributed by atoms with Gasteiger partial charge >= 0.3 is 0 Å². The second-order valence-corrected chi connectivity index (χ2v) is 10.1. The Bertz CT molecular complexity index is 847. The van der Waals surface area contributed by atoms with Gasteiger partial charge in [0.25, 0.3) is 0 Å². The second kappa shape index (κ2) is 6.81. The molecule has 1 amide bonds. The Labute approximate surface area is 143 Å². The highest BCUT2D eigenvalue weighted by Gasteiger charge is 2.33. The average molecular weight is 374 g/mol. The number of nitrogens with one attached hydrogen (secondary N) is 1. The first-order valence-electron chi connectivity index (χ1n) is 7.55. The van der Waals surface area contributed by atoms with E-state index in [2.05, 4.69) is 4.72 Å². The first-order valence-corrected chi connectivity index (χ1v) is 10.9. The van der Waals surface area contributed by atoms with Gasteiger partial charge in [0.15, 0.2) is 9.84 Å². The van der Waals surface area contributed by atoms with E-state index in [1.807, 2.05) is 6.07 Å². The number of aryl methyl sites for hydroxylation is 2. The molecule has 1 fully saturated rings. The molecule has 0 spiro atoms. The van der Waals surface area contributed by atoms with E-state index in [1.165, 1.54) is 11.9 Å². The minimum Gasteiger partial charge on any atom is -0.341 e. The lowest BCUT2D eigenvalue weighted by Crippen LogP contribution is -2.43. The summed E-state index contributed by atoms with van der Waals surface area (Å²) in [5.41, 5.74) is 1.40. The van der Waals surface area contributed by atoms with E-state index < -0.39 is 38.4 Å². The van der Waals surface area contributed by atoms with Crippen molar-refractivity contribution in [2.75, 3.05) is 25.1 Å². The van der Waals surface area contributed by atoms with Gasteiger partial charge in [0, 0.05) is 13.1 Å². The number of sulfonamides is 1. The van der Waals surface area contributed by atoms with Crippen LogP contribution in [0.25, 0.3) is 0 Å². The summed E-state index contributed by atoms with van der Waals surface area (Å²) in [4.78, 5) is 13.6. The minimum absolute atomic E-state index is 0.0590. The van der Waals surface area contributed by atoms with Crippen LogP contribution in [0.4, 0.5) is 0 Å². The van der Waals surface area contributed by atoms with Gasteiger partial charge in [0.2, 0.25) is 15.9 Å². The summed E-state index contributed by atoms with van der Waals surface area (Å²) in [5, 5.41) is 0. The molecule has 1 N–H and O–H groups in total. The van der Waals surface area contributed by atoms with Crippen molar-refractivity contribution in [1.82, 2.24) is 9.62 Å². The Morgan fingerprint density at radius 2 is 2.00 bits per heavy atom. The molecular weight excluding hydrogens is 352 g/mol. The van der Waals surface area contributed by atoms with Gasteiger partial charge < -0.3 is 4.90 Å². The smallest absolute Gasteiger partial charge is 0.241 e. The Morgan fingerprint density at radius 1 is 1.33 bits per heavy atom. The van der Waals surface area contributed by atoms with Crippen LogP contribution in [0, 0.1) is 13.8 Å². The van der Waals surface area contributed by atoms with Crippen molar-refractivity contribution in [3.05, 3.63) is 29.3 Å². The quantitative estimate of drug-likeness (QED) is 0.795. The lowest BCUT2D eigenvalue weighted by Gasteiger charge is -2.23. The summed E-state index contributed by atoms with van der Waals surface area (Å²) in [6.45, 7) is 3.08. The van der Waals surface area contributed by atoms with Crippen molar-refractivity contribution >= 4 is 25.8 Å². The molecule has 1 aromatic carbocycles. The Kier molecular flexibility index (Phi) is 5.36. The van der Waals surface area contributed by atoms with Gasteiger partial charge in [-0.3, -0.25) is 4.79 Å². The Morgan fingerprint density at radius 3 is 2.58 bits per heavy atom. The molecule has 2 rings (SSSR count). The van der Waals surface area contributed by atoms with Gasteiger partial charge in [-0.15, -0.1) is 0 Å².